The van der Waals surface area contributed by atoms with Crippen molar-refractivity contribution in [1.82, 2.24) is 5.32 Å². The molecule has 1 unspecified atom stereocenters. The van der Waals surface area contributed by atoms with Gasteiger partial charge in [0.1, 0.15) is 17.5 Å². The van der Waals surface area contributed by atoms with Gasteiger partial charge in [-0.1, -0.05) is 0 Å². The molecule has 0 aromatic heterocycles. The van der Waals surface area contributed by atoms with Gasteiger partial charge >= 0.3 is 12.0 Å². The molecule has 7 nitrogen and oxygen atoms in total. The molecule has 114 valence electrons. The monoisotopic (exact) mass is 305 g/mol. The first-order valence-corrected chi connectivity index (χ1v) is 5.44. The highest BCUT2D eigenvalue weighted by Gasteiger charge is 2.23. The van der Waals surface area contributed by atoms with E-state index in [4.69, 9.17) is 10.8 Å². The molecule has 1 aromatic rings. The Balaban J connectivity index is 2.82. The van der Waals surface area contributed by atoms with E-state index in [2.05, 4.69) is 0 Å². The molecule has 0 radical (unpaired) electrons. The van der Waals surface area contributed by atoms with E-state index in [-0.39, 0.29) is 0 Å². The molecule has 21 heavy (non-hydrogen) atoms. The summed E-state index contributed by atoms with van der Waals surface area (Å²) < 4.78 is 39.2. The molecule has 5 N–H and O–H groups in total. The van der Waals surface area contributed by atoms with Gasteiger partial charge in [0.05, 0.1) is 6.42 Å². The number of carboxylic acid groups (broad SMARTS) is 1. The van der Waals surface area contributed by atoms with E-state index in [1.165, 1.54) is 0 Å². The second-order valence-corrected chi connectivity index (χ2v) is 3.90. The fourth-order valence-corrected chi connectivity index (χ4v) is 1.37. The van der Waals surface area contributed by atoms with E-state index < -0.39 is 53.5 Å². The van der Waals surface area contributed by atoms with Crippen molar-refractivity contribution >= 4 is 23.6 Å². The molecular weight excluding hydrogens is 295 g/mol. The van der Waals surface area contributed by atoms with E-state index in [0.717, 1.165) is 0 Å². The highest BCUT2D eigenvalue weighted by atomic mass is 19.1. The smallest absolute Gasteiger partial charge is 0.326 e. The molecule has 1 aromatic carbocycles. The normalized spacial score (nSPS) is 11.6. The predicted molar refractivity (Wildman–Crippen MR) is 63.7 cm³/mol. The van der Waals surface area contributed by atoms with Crippen LogP contribution in [0.15, 0.2) is 12.1 Å². The van der Waals surface area contributed by atoms with Crippen molar-refractivity contribution < 1.29 is 32.7 Å². The standard InChI is InChI=1S/C11H10F3N3O4/c12-4-1-5(13)9(6(14)2-4)17-11(21)16-7(10(19)20)3-8(15)18/h1-2,7H,3H2,(H2,15,18)(H,19,20)(H2,16,17,21). The summed E-state index contributed by atoms with van der Waals surface area (Å²) in [6.45, 7) is 0. The number of carbonyl (C=O) groups is 3. The van der Waals surface area contributed by atoms with Crippen molar-refractivity contribution in [2.75, 3.05) is 5.32 Å². The Hall–Kier alpha value is -2.78. The number of amides is 3. The second-order valence-electron chi connectivity index (χ2n) is 3.90. The Bertz CT molecular complexity index is 571. The molecule has 0 bridgehead atoms. The molecule has 0 spiro atoms. The van der Waals surface area contributed by atoms with Crippen LogP contribution >= 0.6 is 0 Å². The Morgan fingerprint density at radius 3 is 2.14 bits per heavy atom. The van der Waals surface area contributed by atoms with Crippen LogP contribution in [0.25, 0.3) is 0 Å². The molecule has 0 saturated carbocycles. The van der Waals surface area contributed by atoms with Gasteiger partial charge in [0.25, 0.3) is 0 Å². The van der Waals surface area contributed by atoms with Crippen molar-refractivity contribution in [3.63, 3.8) is 0 Å². The summed E-state index contributed by atoms with van der Waals surface area (Å²) in [5.41, 5.74) is 3.83. The summed E-state index contributed by atoms with van der Waals surface area (Å²) in [5, 5.41) is 12.2. The summed E-state index contributed by atoms with van der Waals surface area (Å²) in [4.78, 5) is 32.8. The lowest BCUT2D eigenvalue weighted by molar-refractivity contribution is -0.140. The minimum Gasteiger partial charge on any atom is -0.480 e. The summed E-state index contributed by atoms with van der Waals surface area (Å²) in [5.74, 6) is -6.52. The SMILES string of the molecule is NC(=O)CC(NC(=O)Nc1c(F)cc(F)cc1F)C(=O)O. The number of hydrogen-bond acceptors (Lipinski definition) is 3. The molecule has 1 atom stereocenters. The fourth-order valence-electron chi connectivity index (χ4n) is 1.37. The van der Waals surface area contributed by atoms with Crippen molar-refractivity contribution in [2.24, 2.45) is 5.73 Å². The van der Waals surface area contributed by atoms with Crippen LogP contribution in [0.4, 0.5) is 23.7 Å². The first kappa shape index (κ1) is 16.3. The quantitative estimate of drug-likeness (QED) is 0.634. The van der Waals surface area contributed by atoms with Crippen LogP contribution in [0, 0.1) is 17.5 Å². The maximum Gasteiger partial charge on any atom is 0.326 e. The van der Waals surface area contributed by atoms with E-state index in [9.17, 15) is 27.6 Å². The van der Waals surface area contributed by atoms with Crippen molar-refractivity contribution in [3.8, 4) is 0 Å². The number of benzene rings is 1. The van der Waals surface area contributed by atoms with E-state index in [1.807, 2.05) is 0 Å². The van der Waals surface area contributed by atoms with Gasteiger partial charge in [0.15, 0.2) is 11.6 Å². The summed E-state index contributed by atoms with van der Waals surface area (Å²) in [6, 6.07) is -2.31. The molecule has 0 fully saturated rings. The number of nitrogens with one attached hydrogen (secondary N) is 2. The number of halogens is 3. The number of urea groups is 1. The Morgan fingerprint density at radius 2 is 1.71 bits per heavy atom. The number of primary amides is 1. The molecule has 1 rings (SSSR count). The summed E-state index contributed by atoms with van der Waals surface area (Å²) >= 11 is 0. The van der Waals surface area contributed by atoms with Crippen LogP contribution in [0.1, 0.15) is 6.42 Å². The summed E-state index contributed by atoms with van der Waals surface area (Å²) in [7, 11) is 0. The van der Waals surface area contributed by atoms with Crippen molar-refractivity contribution in [3.05, 3.63) is 29.6 Å². The average Bonchev–Trinajstić information content (AvgIpc) is 2.32. The second kappa shape index (κ2) is 6.59. The first-order chi connectivity index (χ1) is 9.70. The van der Waals surface area contributed by atoms with Gasteiger partial charge in [-0.25, -0.2) is 22.8 Å². The predicted octanol–water partition coefficient (Wildman–Crippen LogP) is 0.554. The number of anilines is 1. The van der Waals surface area contributed by atoms with Crippen LogP contribution in [0.3, 0.4) is 0 Å². The average molecular weight is 305 g/mol. The van der Waals surface area contributed by atoms with E-state index in [0.29, 0.717) is 12.1 Å². The number of nitrogens with two attached hydrogens (primary N) is 1. The zero-order valence-electron chi connectivity index (χ0n) is 10.3. The minimum absolute atomic E-state index is 0.330. The minimum atomic E-state index is -1.67. The molecule has 0 saturated heterocycles. The van der Waals surface area contributed by atoms with Crippen molar-refractivity contribution in [2.45, 2.75) is 12.5 Å². The lowest BCUT2D eigenvalue weighted by Gasteiger charge is -2.14. The van der Waals surface area contributed by atoms with E-state index >= 15 is 0 Å². The molecule has 3 amide bonds. The number of rotatable bonds is 5. The number of carbonyl (C=O) groups excluding carboxylic acids is 2. The molecule has 0 aliphatic heterocycles. The molecule has 10 heteroatoms. The van der Waals surface area contributed by atoms with Gasteiger partial charge in [0.2, 0.25) is 5.91 Å². The van der Waals surface area contributed by atoms with Crippen molar-refractivity contribution in [1.29, 1.82) is 0 Å². The zero-order chi connectivity index (χ0) is 16.2. The van der Waals surface area contributed by atoms with Gasteiger partial charge in [0, 0.05) is 12.1 Å². The molecule has 0 heterocycles. The lowest BCUT2D eigenvalue weighted by Crippen LogP contribution is -2.45. The maximum absolute atomic E-state index is 13.3. The lowest BCUT2D eigenvalue weighted by atomic mass is 10.2. The highest BCUT2D eigenvalue weighted by Crippen LogP contribution is 2.19. The van der Waals surface area contributed by atoms with E-state index in [1.54, 1.807) is 10.6 Å². The van der Waals surface area contributed by atoms with Crippen LogP contribution in [0.2, 0.25) is 0 Å². The first-order valence-electron chi connectivity index (χ1n) is 5.44. The van der Waals surface area contributed by atoms with Gasteiger partial charge < -0.3 is 21.5 Å². The largest absolute Gasteiger partial charge is 0.480 e. The summed E-state index contributed by atoms with van der Waals surface area (Å²) in [6.07, 6.45) is -0.711. The fraction of sp³-hybridized carbons (Fsp3) is 0.182. The van der Waals surface area contributed by atoms with Crippen LogP contribution < -0.4 is 16.4 Å². The Kier molecular flexibility index (Phi) is 5.11. The molecular formula is C11H10F3N3O4. The maximum atomic E-state index is 13.3. The topological polar surface area (TPSA) is 122 Å². The number of hydrogen-bond donors (Lipinski definition) is 4. The number of aliphatic carboxylic acids is 1. The van der Waals surface area contributed by atoms with Gasteiger partial charge in [-0.15, -0.1) is 0 Å². The number of carboxylic acids is 1. The third-order valence-electron chi connectivity index (χ3n) is 2.25. The highest BCUT2D eigenvalue weighted by molar-refractivity contribution is 5.94. The Labute approximate surface area is 115 Å². The van der Waals surface area contributed by atoms with Crippen LogP contribution in [-0.4, -0.2) is 29.1 Å². The Morgan fingerprint density at radius 1 is 1.19 bits per heavy atom. The van der Waals surface area contributed by atoms with Crippen LogP contribution in [0.5, 0.6) is 0 Å². The third-order valence-corrected chi connectivity index (χ3v) is 2.25. The molecule has 0 aliphatic rings. The van der Waals surface area contributed by atoms with Crippen LogP contribution in [-0.2, 0) is 9.59 Å². The zero-order valence-corrected chi connectivity index (χ0v) is 10.3. The third kappa shape index (κ3) is 4.67. The molecule has 0 aliphatic carbocycles. The van der Waals surface area contributed by atoms with Gasteiger partial charge in [-0.05, 0) is 0 Å². The van der Waals surface area contributed by atoms with Gasteiger partial charge in [-0.2, -0.15) is 0 Å². The van der Waals surface area contributed by atoms with Gasteiger partial charge in [-0.3, -0.25) is 4.79 Å².